The van der Waals surface area contributed by atoms with Crippen molar-refractivity contribution < 1.29 is 14.3 Å². The molecule has 0 fully saturated rings. The summed E-state index contributed by atoms with van der Waals surface area (Å²) in [6.45, 7) is 2.36. The van der Waals surface area contributed by atoms with Gasteiger partial charge in [-0.05, 0) is 25.0 Å². The Labute approximate surface area is 154 Å². The van der Waals surface area contributed by atoms with Crippen molar-refractivity contribution in [3.8, 4) is 0 Å². The monoisotopic (exact) mass is 385 g/mol. The SMILES string of the molecule is Cc1ccc(CCC(=O)NCCOC(=O)c2cc(Cl)sc2Cl)cc1. The van der Waals surface area contributed by atoms with Crippen LogP contribution in [-0.2, 0) is 16.0 Å². The molecular weight excluding hydrogens is 369 g/mol. The van der Waals surface area contributed by atoms with Crippen molar-refractivity contribution in [1.82, 2.24) is 5.32 Å². The summed E-state index contributed by atoms with van der Waals surface area (Å²) in [6.07, 6.45) is 1.07. The van der Waals surface area contributed by atoms with Gasteiger partial charge in [0.1, 0.15) is 10.9 Å². The van der Waals surface area contributed by atoms with E-state index in [2.05, 4.69) is 5.32 Å². The molecule has 0 spiro atoms. The number of esters is 1. The first-order chi connectivity index (χ1) is 11.5. The molecule has 2 aromatic rings. The number of amides is 1. The Kier molecular flexibility index (Phi) is 7.09. The maximum absolute atomic E-state index is 11.8. The summed E-state index contributed by atoms with van der Waals surface area (Å²) < 4.78 is 5.78. The number of thiophene rings is 1. The third-order valence-electron chi connectivity index (χ3n) is 3.30. The van der Waals surface area contributed by atoms with Crippen LogP contribution in [0.4, 0.5) is 0 Å². The van der Waals surface area contributed by atoms with E-state index in [4.69, 9.17) is 27.9 Å². The van der Waals surface area contributed by atoms with Crippen LogP contribution in [0, 0.1) is 6.92 Å². The molecule has 0 saturated heterocycles. The Balaban J connectivity index is 1.64. The third-order valence-corrected chi connectivity index (χ3v) is 4.78. The second-order valence-electron chi connectivity index (χ2n) is 5.21. The van der Waals surface area contributed by atoms with Gasteiger partial charge in [-0.25, -0.2) is 4.79 Å². The quantitative estimate of drug-likeness (QED) is 0.571. The van der Waals surface area contributed by atoms with Crippen LogP contribution < -0.4 is 5.32 Å². The zero-order valence-corrected chi connectivity index (χ0v) is 15.4. The van der Waals surface area contributed by atoms with E-state index in [1.807, 2.05) is 31.2 Å². The summed E-state index contributed by atoms with van der Waals surface area (Å²) in [5.74, 6) is -0.625. The lowest BCUT2D eigenvalue weighted by molar-refractivity contribution is -0.121. The fourth-order valence-electron chi connectivity index (χ4n) is 1.99. The number of hydrogen-bond acceptors (Lipinski definition) is 4. The summed E-state index contributed by atoms with van der Waals surface area (Å²) in [5, 5.41) is 2.72. The standard InChI is InChI=1S/C17H17Cl2NO3S/c1-11-2-4-12(5-3-11)6-7-15(21)20-8-9-23-17(22)13-10-14(18)24-16(13)19/h2-5,10H,6-9H2,1H3,(H,20,21). The summed E-state index contributed by atoms with van der Waals surface area (Å²) in [5.41, 5.74) is 2.56. The molecule has 1 heterocycles. The lowest BCUT2D eigenvalue weighted by Gasteiger charge is -2.07. The molecule has 24 heavy (non-hydrogen) atoms. The van der Waals surface area contributed by atoms with Gasteiger partial charge >= 0.3 is 5.97 Å². The minimum Gasteiger partial charge on any atom is -0.460 e. The average molecular weight is 386 g/mol. The van der Waals surface area contributed by atoms with Crippen molar-refractivity contribution >= 4 is 46.4 Å². The highest BCUT2D eigenvalue weighted by Crippen LogP contribution is 2.31. The molecule has 128 valence electrons. The second-order valence-corrected chi connectivity index (χ2v) is 7.49. The van der Waals surface area contributed by atoms with Crippen molar-refractivity contribution in [3.05, 3.63) is 55.7 Å². The molecule has 0 saturated carbocycles. The van der Waals surface area contributed by atoms with Gasteiger partial charge in [0.25, 0.3) is 0 Å². The smallest absolute Gasteiger partial charge is 0.340 e. The third kappa shape index (κ3) is 5.82. The molecule has 1 amide bonds. The topological polar surface area (TPSA) is 55.4 Å². The van der Waals surface area contributed by atoms with Crippen LogP contribution in [0.25, 0.3) is 0 Å². The first kappa shape index (κ1) is 18.8. The molecule has 2 rings (SSSR count). The fourth-order valence-corrected chi connectivity index (χ4v) is 3.43. The molecule has 0 atom stereocenters. The summed E-state index contributed by atoms with van der Waals surface area (Å²) in [7, 11) is 0. The predicted octanol–water partition coefficient (Wildman–Crippen LogP) is 4.27. The predicted molar refractivity (Wildman–Crippen MR) is 97.1 cm³/mol. The number of carbonyl (C=O) groups is 2. The number of aryl methyl sites for hydroxylation is 2. The molecular formula is C17H17Cl2NO3S. The molecule has 1 aromatic heterocycles. The largest absolute Gasteiger partial charge is 0.460 e. The fraction of sp³-hybridized carbons (Fsp3) is 0.294. The molecule has 0 bridgehead atoms. The van der Waals surface area contributed by atoms with E-state index in [1.54, 1.807) is 0 Å². The van der Waals surface area contributed by atoms with Gasteiger partial charge in [0.15, 0.2) is 0 Å². The number of hydrogen-bond donors (Lipinski definition) is 1. The van der Waals surface area contributed by atoms with Gasteiger partial charge in [-0.1, -0.05) is 53.0 Å². The Morgan fingerprint density at radius 2 is 1.92 bits per heavy atom. The Hall–Kier alpha value is -1.56. The normalized spacial score (nSPS) is 10.5. The highest BCUT2D eigenvalue weighted by atomic mass is 35.5. The molecule has 7 heteroatoms. The number of nitrogens with one attached hydrogen (secondary N) is 1. The maximum Gasteiger partial charge on any atom is 0.340 e. The highest BCUT2D eigenvalue weighted by Gasteiger charge is 2.15. The number of rotatable bonds is 7. The van der Waals surface area contributed by atoms with E-state index >= 15 is 0 Å². The molecule has 1 N–H and O–H groups in total. The van der Waals surface area contributed by atoms with Gasteiger partial charge in [0.05, 0.1) is 16.4 Å². The molecule has 1 aromatic carbocycles. The molecule has 0 unspecified atom stereocenters. The number of ether oxygens (including phenoxy) is 1. The number of carbonyl (C=O) groups excluding carboxylic acids is 2. The summed E-state index contributed by atoms with van der Waals surface area (Å²) >= 11 is 12.8. The number of halogens is 2. The molecule has 0 aliphatic carbocycles. The average Bonchev–Trinajstić information content (AvgIpc) is 2.89. The van der Waals surface area contributed by atoms with Crippen LogP contribution in [0.1, 0.15) is 27.9 Å². The van der Waals surface area contributed by atoms with Crippen LogP contribution in [0.2, 0.25) is 8.67 Å². The van der Waals surface area contributed by atoms with E-state index in [-0.39, 0.29) is 24.6 Å². The van der Waals surface area contributed by atoms with Crippen LogP contribution in [-0.4, -0.2) is 25.0 Å². The molecule has 0 aliphatic rings. The lowest BCUT2D eigenvalue weighted by Crippen LogP contribution is -2.28. The van der Waals surface area contributed by atoms with E-state index in [0.29, 0.717) is 21.5 Å². The maximum atomic E-state index is 11.8. The first-order valence-electron chi connectivity index (χ1n) is 7.40. The minimum absolute atomic E-state index is 0.0803. The molecule has 4 nitrogen and oxygen atoms in total. The first-order valence-corrected chi connectivity index (χ1v) is 8.97. The van der Waals surface area contributed by atoms with Crippen molar-refractivity contribution in [2.24, 2.45) is 0 Å². The minimum atomic E-state index is -0.544. The Morgan fingerprint density at radius 3 is 2.54 bits per heavy atom. The van der Waals surface area contributed by atoms with Crippen molar-refractivity contribution in [2.75, 3.05) is 13.2 Å². The van der Waals surface area contributed by atoms with Crippen LogP contribution in [0.3, 0.4) is 0 Å². The van der Waals surface area contributed by atoms with Gasteiger partial charge in [0.2, 0.25) is 5.91 Å². The van der Waals surface area contributed by atoms with Crippen molar-refractivity contribution in [3.63, 3.8) is 0 Å². The molecule has 0 radical (unpaired) electrons. The van der Waals surface area contributed by atoms with E-state index in [9.17, 15) is 9.59 Å². The van der Waals surface area contributed by atoms with E-state index in [0.717, 1.165) is 16.9 Å². The van der Waals surface area contributed by atoms with Crippen LogP contribution in [0.15, 0.2) is 30.3 Å². The Bertz CT molecular complexity index is 713. The summed E-state index contributed by atoms with van der Waals surface area (Å²) in [4.78, 5) is 23.6. The lowest BCUT2D eigenvalue weighted by atomic mass is 10.1. The Morgan fingerprint density at radius 1 is 1.21 bits per heavy atom. The van der Waals surface area contributed by atoms with Crippen molar-refractivity contribution in [2.45, 2.75) is 19.8 Å². The highest BCUT2D eigenvalue weighted by molar-refractivity contribution is 7.20. The van der Waals surface area contributed by atoms with Gasteiger partial charge < -0.3 is 10.1 Å². The van der Waals surface area contributed by atoms with Crippen LogP contribution in [0.5, 0.6) is 0 Å². The molecule has 0 aliphatic heterocycles. The second kappa shape index (κ2) is 9.06. The van der Waals surface area contributed by atoms with Crippen LogP contribution >= 0.6 is 34.5 Å². The van der Waals surface area contributed by atoms with Gasteiger partial charge in [-0.3, -0.25) is 4.79 Å². The zero-order valence-electron chi connectivity index (χ0n) is 13.1. The van der Waals surface area contributed by atoms with E-state index < -0.39 is 5.97 Å². The van der Waals surface area contributed by atoms with E-state index in [1.165, 1.54) is 11.6 Å². The summed E-state index contributed by atoms with van der Waals surface area (Å²) in [6, 6.07) is 9.54. The zero-order chi connectivity index (χ0) is 17.5. The van der Waals surface area contributed by atoms with Gasteiger partial charge in [-0.15, -0.1) is 11.3 Å². The van der Waals surface area contributed by atoms with Gasteiger partial charge in [0, 0.05) is 6.42 Å². The number of benzene rings is 1. The van der Waals surface area contributed by atoms with Crippen molar-refractivity contribution in [1.29, 1.82) is 0 Å². The van der Waals surface area contributed by atoms with Gasteiger partial charge in [-0.2, -0.15) is 0 Å².